The van der Waals surface area contributed by atoms with E-state index in [1.807, 2.05) is 18.7 Å². The molecule has 1 aliphatic heterocycles. The minimum absolute atomic E-state index is 0.0685. The Morgan fingerprint density at radius 3 is 2.32 bits per heavy atom. The molecule has 1 fully saturated rings. The summed E-state index contributed by atoms with van der Waals surface area (Å²) < 4.78 is 0. The van der Waals surface area contributed by atoms with E-state index in [9.17, 15) is 35.1 Å². The highest BCUT2D eigenvalue weighted by Crippen LogP contribution is 2.31. The Labute approximate surface area is 212 Å². The number of non-ortho nitro benzene ring substituents is 2. The Balaban J connectivity index is 1.89. The Morgan fingerprint density at radius 1 is 1.05 bits per heavy atom. The van der Waals surface area contributed by atoms with E-state index in [0.717, 1.165) is 31.0 Å². The fourth-order valence-corrected chi connectivity index (χ4v) is 4.29. The molecule has 196 valence electrons. The fourth-order valence-electron chi connectivity index (χ4n) is 4.29. The first kappa shape index (κ1) is 27.0. The van der Waals surface area contributed by atoms with Gasteiger partial charge in [0.15, 0.2) is 0 Å². The number of hydrazone groups is 1. The molecule has 1 saturated heterocycles. The molecule has 2 aromatic carbocycles. The Hall–Kier alpha value is -4.62. The van der Waals surface area contributed by atoms with Crippen molar-refractivity contribution in [3.63, 3.8) is 0 Å². The molecule has 0 aromatic heterocycles. The van der Waals surface area contributed by atoms with Gasteiger partial charge in [-0.15, -0.1) is 0 Å². The molecule has 0 aliphatic carbocycles. The van der Waals surface area contributed by atoms with Crippen LogP contribution in [0.25, 0.3) is 0 Å². The van der Waals surface area contributed by atoms with Gasteiger partial charge in [0, 0.05) is 55.6 Å². The molecule has 2 aromatic rings. The van der Waals surface area contributed by atoms with Gasteiger partial charge in [-0.1, -0.05) is 0 Å². The van der Waals surface area contributed by atoms with Gasteiger partial charge in [-0.2, -0.15) is 5.10 Å². The molecule has 0 bridgehead atoms. The zero-order valence-corrected chi connectivity index (χ0v) is 20.4. The minimum Gasteiger partial charge on any atom is -0.370 e. The molecule has 1 aliphatic rings. The van der Waals surface area contributed by atoms with E-state index >= 15 is 0 Å². The zero-order chi connectivity index (χ0) is 27.1. The highest BCUT2D eigenvalue weighted by molar-refractivity contribution is 5.90. The van der Waals surface area contributed by atoms with E-state index in [-0.39, 0.29) is 23.2 Å². The van der Waals surface area contributed by atoms with Crippen LogP contribution in [-0.2, 0) is 4.79 Å². The van der Waals surface area contributed by atoms with Crippen LogP contribution in [0.5, 0.6) is 0 Å². The second-order valence-electron chi connectivity index (χ2n) is 8.38. The molecule has 3 rings (SSSR count). The quantitative estimate of drug-likeness (QED) is 0.280. The maximum absolute atomic E-state index is 12.9. The standard InChI is InChI=1S/C23H27N7O7/c1-3-26(4-2)23(31)16-6-5-11-27(15-16)21-10-8-18(28(32)33)12-17(21)14-24-25-20-9-7-19(29(34)35)13-22(20)30(36)37/h7-10,12-14,16,25H,3-6,11,15H2,1-2H3/b24-14-/t16-/m0/s1. The second kappa shape index (κ2) is 11.9. The number of nitro benzene ring substituents is 3. The second-order valence-corrected chi connectivity index (χ2v) is 8.38. The molecule has 0 saturated carbocycles. The van der Waals surface area contributed by atoms with E-state index in [4.69, 9.17) is 0 Å². The van der Waals surface area contributed by atoms with Crippen molar-refractivity contribution < 1.29 is 19.6 Å². The number of amides is 1. The van der Waals surface area contributed by atoms with Crippen molar-refractivity contribution >= 4 is 40.6 Å². The highest BCUT2D eigenvalue weighted by atomic mass is 16.6. The molecular formula is C23H27N7O7. The van der Waals surface area contributed by atoms with Crippen LogP contribution in [0.3, 0.4) is 0 Å². The summed E-state index contributed by atoms with van der Waals surface area (Å²) in [4.78, 5) is 48.3. The van der Waals surface area contributed by atoms with Gasteiger partial charge in [-0.3, -0.25) is 40.6 Å². The number of nitrogens with one attached hydrogen (secondary N) is 1. The van der Waals surface area contributed by atoms with E-state index in [1.165, 1.54) is 18.3 Å². The number of carbonyl (C=O) groups excluding carboxylic acids is 1. The first-order valence-corrected chi connectivity index (χ1v) is 11.7. The average Bonchev–Trinajstić information content (AvgIpc) is 2.89. The zero-order valence-electron chi connectivity index (χ0n) is 20.4. The molecule has 0 radical (unpaired) electrons. The minimum atomic E-state index is -0.773. The van der Waals surface area contributed by atoms with Crippen molar-refractivity contribution in [3.8, 4) is 0 Å². The summed E-state index contributed by atoms with van der Waals surface area (Å²) in [6.45, 7) is 6.16. The number of anilines is 2. The van der Waals surface area contributed by atoms with Gasteiger partial charge >= 0.3 is 5.69 Å². The third-order valence-electron chi connectivity index (χ3n) is 6.19. The molecule has 0 unspecified atom stereocenters. The number of nitrogens with zero attached hydrogens (tertiary/aromatic N) is 6. The topological polar surface area (TPSA) is 177 Å². The molecule has 1 heterocycles. The van der Waals surface area contributed by atoms with Crippen molar-refractivity contribution in [2.75, 3.05) is 36.5 Å². The van der Waals surface area contributed by atoms with Gasteiger partial charge in [-0.05, 0) is 38.8 Å². The maximum Gasteiger partial charge on any atom is 0.301 e. The Morgan fingerprint density at radius 2 is 1.70 bits per heavy atom. The Kier molecular flexibility index (Phi) is 8.66. The average molecular weight is 514 g/mol. The molecule has 1 N–H and O–H groups in total. The summed E-state index contributed by atoms with van der Waals surface area (Å²) in [6.07, 6.45) is 2.80. The third-order valence-corrected chi connectivity index (χ3v) is 6.19. The van der Waals surface area contributed by atoms with Crippen molar-refractivity contribution in [3.05, 3.63) is 72.3 Å². The van der Waals surface area contributed by atoms with Crippen LogP contribution in [0.15, 0.2) is 41.5 Å². The molecule has 1 atom stereocenters. The van der Waals surface area contributed by atoms with Crippen LogP contribution in [0, 0.1) is 36.3 Å². The first-order valence-electron chi connectivity index (χ1n) is 11.7. The highest BCUT2D eigenvalue weighted by Gasteiger charge is 2.29. The van der Waals surface area contributed by atoms with Gasteiger partial charge in [-0.25, -0.2) is 0 Å². The molecular weight excluding hydrogens is 486 g/mol. The third kappa shape index (κ3) is 6.34. The predicted octanol–water partition coefficient (Wildman–Crippen LogP) is 3.94. The van der Waals surface area contributed by atoms with Crippen LogP contribution in [0.2, 0.25) is 0 Å². The summed E-state index contributed by atoms with van der Waals surface area (Å²) in [6, 6.07) is 7.38. The molecule has 14 nitrogen and oxygen atoms in total. The fraction of sp³-hybridized carbons (Fsp3) is 0.391. The van der Waals surface area contributed by atoms with E-state index < -0.39 is 26.1 Å². The van der Waals surface area contributed by atoms with Crippen LogP contribution >= 0.6 is 0 Å². The summed E-state index contributed by atoms with van der Waals surface area (Å²) >= 11 is 0. The number of hydrogen-bond donors (Lipinski definition) is 1. The predicted molar refractivity (Wildman–Crippen MR) is 137 cm³/mol. The number of benzene rings is 2. The van der Waals surface area contributed by atoms with Crippen LogP contribution in [0.4, 0.5) is 28.4 Å². The van der Waals surface area contributed by atoms with Crippen molar-refractivity contribution in [1.82, 2.24) is 4.90 Å². The summed E-state index contributed by atoms with van der Waals surface area (Å²) in [7, 11) is 0. The monoisotopic (exact) mass is 513 g/mol. The van der Waals surface area contributed by atoms with E-state index in [0.29, 0.717) is 37.4 Å². The van der Waals surface area contributed by atoms with E-state index in [2.05, 4.69) is 10.5 Å². The van der Waals surface area contributed by atoms with Crippen LogP contribution < -0.4 is 10.3 Å². The van der Waals surface area contributed by atoms with Gasteiger partial charge in [0.25, 0.3) is 11.4 Å². The summed E-state index contributed by atoms with van der Waals surface area (Å²) in [5.74, 6) is -0.145. The smallest absolute Gasteiger partial charge is 0.301 e. The summed E-state index contributed by atoms with van der Waals surface area (Å²) in [5, 5.41) is 37.7. The van der Waals surface area contributed by atoms with Crippen molar-refractivity contribution in [2.45, 2.75) is 26.7 Å². The molecule has 1 amide bonds. The SMILES string of the molecule is CCN(CC)C(=O)[C@H]1CCCN(c2ccc([N+](=O)[O-])cc2/C=N\Nc2ccc([N+](=O)[O-])cc2[N+](=O)[O-])C1. The van der Waals surface area contributed by atoms with E-state index in [1.54, 1.807) is 11.0 Å². The number of nitro groups is 3. The van der Waals surface area contributed by atoms with Crippen LogP contribution in [-0.4, -0.2) is 58.0 Å². The number of piperidine rings is 1. The van der Waals surface area contributed by atoms with Gasteiger partial charge < -0.3 is 9.80 Å². The lowest BCUT2D eigenvalue weighted by Gasteiger charge is -2.36. The molecule has 14 heteroatoms. The largest absolute Gasteiger partial charge is 0.370 e. The normalized spacial score (nSPS) is 15.4. The number of rotatable bonds is 10. The lowest BCUT2D eigenvalue weighted by atomic mass is 9.95. The maximum atomic E-state index is 12.9. The van der Waals surface area contributed by atoms with Gasteiger partial charge in [0.1, 0.15) is 5.69 Å². The number of carbonyl (C=O) groups is 1. The first-order chi connectivity index (χ1) is 17.7. The van der Waals surface area contributed by atoms with Crippen LogP contribution in [0.1, 0.15) is 32.3 Å². The lowest BCUT2D eigenvalue weighted by Crippen LogP contribution is -2.45. The molecule has 37 heavy (non-hydrogen) atoms. The number of hydrogen-bond acceptors (Lipinski definition) is 10. The van der Waals surface area contributed by atoms with Crippen molar-refractivity contribution in [1.29, 1.82) is 0 Å². The Bertz CT molecular complexity index is 1230. The van der Waals surface area contributed by atoms with Crippen molar-refractivity contribution in [2.24, 2.45) is 11.0 Å². The van der Waals surface area contributed by atoms with Gasteiger partial charge in [0.2, 0.25) is 5.91 Å². The molecule has 0 spiro atoms. The lowest BCUT2D eigenvalue weighted by molar-refractivity contribution is -0.393. The summed E-state index contributed by atoms with van der Waals surface area (Å²) in [5.41, 5.74) is 2.27. The van der Waals surface area contributed by atoms with Gasteiger partial charge in [0.05, 0.1) is 33.0 Å².